The second kappa shape index (κ2) is 8.63. The standard InChI is InChI=1S/C16H22ClNO4/c1-4-13(22-14-8-6-5-7-12(14)17)16(21)18(11(2)3)10-9-15(19)20/h5-8,11,13H,4,9-10H2,1-3H3,(H,19,20). The number of para-hydroxylation sites is 1. The molecular weight excluding hydrogens is 306 g/mol. The van der Waals surface area contributed by atoms with Crippen LogP contribution in [0.15, 0.2) is 24.3 Å². The van der Waals surface area contributed by atoms with Gasteiger partial charge in [0.05, 0.1) is 11.4 Å². The van der Waals surface area contributed by atoms with Crippen LogP contribution in [0.5, 0.6) is 5.75 Å². The number of halogens is 1. The molecule has 1 rings (SSSR count). The molecule has 0 spiro atoms. The lowest BCUT2D eigenvalue weighted by atomic mass is 10.2. The van der Waals surface area contributed by atoms with Gasteiger partial charge in [-0.15, -0.1) is 0 Å². The number of hydrogen-bond acceptors (Lipinski definition) is 3. The minimum atomic E-state index is -0.932. The van der Waals surface area contributed by atoms with Crippen molar-refractivity contribution in [3.8, 4) is 5.75 Å². The summed E-state index contributed by atoms with van der Waals surface area (Å²) < 4.78 is 5.72. The number of carboxylic acids is 1. The number of carbonyl (C=O) groups is 2. The van der Waals surface area contributed by atoms with Crippen molar-refractivity contribution in [3.63, 3.8) is 0 Å². The summed E-state index contributed by atoms with van der Waals surface area (Å²) in [5.74, 6) is -0.705. The zero-order valence-corrected chi connectivity index (χ0v) is 13.8. The molecule has 0 saturated heterocycles. The fraction of sp³-hybridized carbons (Fsp3) is 0.500. The molecule has 0 bridgehead atoms. The van der Waals surface area contributed by atoms with Crippen molar-refractivity contribution in [1.82, 2.24) is 4.90 Å². The Balaban J connectivity index is 2.84. The largest absolute Gasteiger partial charge is 0.481 e. The lowest BCUT2D eigenvalue weighted by molar-refractivity contribution is -0.143. The van der Waals surface area contributed by atoms with E-state index in [9.17, 15) is 9.59 Å². The molecule has 6 heteroatoms. The summed E-state index contributed by atoms with van der Waals surface area (Å²) in [7, 11) is 0. The quantitative estimate of drug-likeness (QED) is 0.796. The minimum Gasteiger partial charge on any atom is -0.481 e. The number of ether oxygens (including phenoxy) is 1. The molecule has 1 aromatic rings. The molecule has 1 amide bonds. The van der Waals surface area contributed by atoms with E-state index in [1.165, 1.54) is 4.90 Å². The maximum absolute atomic E-state index is 12.6. The number of carboxylic acid groups (broad SMARTS) is 1. The lowest BCUT2D eigenvalue weighted by Crippen LogP contribution is -2.46. The summed E-state index contributed by atoms with van der Waals surface area (Å²) in [4.78, 5) is 24.9. The number of hydrogen-bond donors (Lipinski definition) is 1. The van der Waals surface area contributed by atoms with Gasteiger partial charge in [-0.3, -0.25) is 9.59 Å². The number of benzene rings is 1. The molecule has 5 nitrogen and oxygen atoms in total. The van der Waals surface area contributed by atoms with Crippen molar-refractivity contribution < 1.29 is 19.4 Å². The normalized spacial score (nSPS) is 12.0. The third kappa shape index (κ3) is 5.22. The summed E-state index contributed by atoms with van der Waals surface area (Å²) in [6.07, 6.45) is -0.302. The molecule has 0 radical (unpaired) electrons. The highest BCUT2D eigenvalue weighted by molar-refractivity contribution is 6.32. The average molecular weight is 328 g/mol. The third-order valence-corrected chi connectivity index (χ3v) is 3.54. The molecule has 0 aliphatic carbocycles. The van der Waals surface area contributed by atoms with Crippen LogP contribution in [-0.4, -0.2) is 40.6 Å². The Morgan fingerprint density at radius 2 is 1.95 bits per heavy atom. The third-order valence-electron chi connectivity index (χ3n) is 3.23. The van der Waals surface area contributed by atoms with Crippen molar-refractivity contribution in [2.45, 2.75) is 45.8 Å². The highest BCUT2D eigenvalue weighted by Gasteiger charge is 2.27. The smallest absolute Gasteiger partial charge is 0.305 e. The topological polar surface area (TPSA) is 66.8 Å². The van der Waals surface area contributed by atoms with E-state index in [0.29, 0.717) is 17.2 Å². The first-order valence-electron chi connectivity index (χ1n) is 7.30. The van der Waals surface area contributed by atoms with Crippen molar-refractivity contribution >= 4 is 23.5 Å². The van der Waals surface area contributed by atoms with Crippen LogP contribution >= 0.6 is 11.6 Å². The molecule has 0 aliphatic heterocycles. The number of nitrogens with zero attached hydrogens (tertiary/aromatic N) is 1. The predicted molar refractivity (Wildman–Crippen MR) is 85.3 cm³/mol. The summed E-state index contributed by atoms with van der Waals surface area (Å²) in [5.41, 5.74) is 0. The van der Waals surface area contributed by atoms with Gasteiger partial charge in [-0.2, -0.15) is 0 Å². The van der Waals surface area contributed by atoms with Crippen molar-refractivity contribution in [1.29, 1.82) is 0 Å². The van der Waals surface area contributed by atoms with E-state index in [1.54, 1.807) is 24.3 Å². The maximum Gasteiger partial charge on any atom is 0.305 e. The number of rotatable bonds is 8. The predicted octanol–water partition coefficient (Wildman–Crippen LogP) is 3.21. The van der Waals surface area contributed by atoms with Gasteiger partial charge in [0.1, 0.15) is 5.75 Å². The Morgan fingerprint density at radius 1 is 1.32 bits per heavy atom. The molecule has 0 aliphatic rings. The molecule has 22 heavy (non-hydrogen) atoms. The molecule has 0 saturated carbocycles. The highest BCUT2D eigenvalue weighted by atomic mass is 35.5. The van der Waals surface area contributed by atoms with Gasteiger partial charge >= 0.3 is 5.97 Å². The van der Waals surface area contributed by atoms with Crippen LogP contribution in [0.1, 0.15) is 33.6 Å². The Morgan fingerprint density at radius 3 is 2.45 bits per heavy atom. The first-order valence-corrected chi connectivity index (χ1v) is 7.68. The van der Waals surface area contributed by atoms with Crippen LogP contribution in [-0.2, 0) is 9.59 Å². The summed E-state index contributed by atoms with van der Waals surface area (Å²) in [5, 5.41) is 9.25. The van der Waals surface area contributed by atoms with E-state index in [1.807, 2.05) is 20.8 Å². The van der Waals surface area contributed by atoms with E-state index < -0.39 is 12.1 Å². The first-order chi connectivity index (χ1) is 10.4. The molecule has 1 atom stereocenters. The Labute approximate surface area is 135 Å². The Hall–Kier alpha value is -1.75. The lowest BCUT2D eigenvalue weighted by Gasteiger charge is -2.30. The SMILES string of the molecule is CCC(Oc1ccccc1Cl)C(=O)N(CCC(=O)O)C(C)C. The average Bonchev–Trinajstić information content (AvgIpc) is 2.45. The first kappa shape index (κ1) is 18.3. The zero-order valence-electron chi connectivity index (χ0n) is 13.1. The van der Waals surface area contributed by atoms with E-state index in [-0.39, 0.29) is 24.9 Å². The van der Waals surface area contributed by atoms with Crippen LogP contribution in [0.4, 0.5) is 0 Å². The Bertz CT molecular complexity index is 519. The summed E-state index contributed by atoms with van der Waals surface area (Å²) >= 11 is 6.05. The van der Waals surface area contributed by atoms with Crippen LogP contribution in [0.2, 0.25) is 5.02 Å². The molecule has 0 heterocycles. The van der Waals surface area contributed by atoms with Crippen molar-refractivity contribution in [2.75, 3.05) is 6.54 Å². The zero-order chi connectivity index (χ0) is 16.7. The number of carbonyl (C=O) groups excluding carboxylic acids is 1. The number of amides is 1. The van der Waals surface area contributed by atoms with E-state index >= 15 is 0 Å². The van der Waals surface area contributed by atoms with Gasteiger partial charge in [0, 0.05) is 12.6 Å². The van der Waals surface area contributed by atoms with Gasteiger partial charge in [-0.1, -0.05) is 30.7 Å². The van der Waals surface area contributed by atoms with Crippen molar-refractivity contribution in [2.24, 2.45) is 0 Å². The van der Waals surface area contributed by atoms with Gasteiger partial charge in [0.25, 0.3) is 5.91 Å². The fourth-order valence-electron chi connectivity index (χ4n) is 2.03. The van der Waals surface area contributed by atoms with E-state index in [2.05, 4.69) is 0 Å². The van der Waals surface area contributed by atoms with Gasteiger partial charge in [0.2, 0.25) is 0 Å². The number of aliphatic carboxylic acids is 1. The minimum absolute atomic E-state index is 0.0908. The van der Waals surface area contributed by atoms with Gasteiger partial charge in [-0.25, -0.2) is 0 Å². The van der Waals surface area contributed by atoms with E-state index in [4.69, 9.17) is 21.4 Å². The van der Waals surface area contributed by atoms with Crippen LogP contribution in [0.25, 0.3) is 0 Å². The highest BCUT2D eigenvalue weighted by Crippen LogP contribution is 2.25. The van der Waals surface area contributed by atoms with E-state index in [0.717, 1.165) is 0 Å². The molecule has 0 fully saturated rings. The fourth-order valence-corrected chi connectivity index (χ4v) is 2.21. The monoisotopic (exact) mass is 327 g/mol. The molecule has 1 aromatic carbocycles. The maximum atomic E-state index is 12.6. The molecule has 0 aromatic heterocycles. The second-order valence-electron chi connectivity index (χ2n) is 5.21. The van der Waals surface area contributed by atoms with Crippen LogP contribution in [0, 0.1) is 0 Å². The summed E-state index contributed by atoms with van der Waals surface area (Å²) in [6, 6.07) is 6.86. The molecular formula is C16H22ClNO4. The van der Waals surface area contributed by atoms with Gasteiger partial charge < -0.3 is 14.7 Å². The summed E-state index contributed by atoms with van der Waals surface area (Å²) in [6.45, 7) is 5.70. The van der Waals surface area contributed by atoms with Gasteiger partial charge in [-0.05, 0) is 32.4 Å². The van der Waals surface area contributed by atoms with Crippen LogP contribution < -0.4 is 4.74 Å². The molecule has 122 valence electrons. The molecule has 1 N–H and O–H groups in total. The van der Waals surface area contributed by atoms with Crippen LogP contribution in [0.3, 0.4) is 0 Å². The second-order valence-corrected chi connectivity index (χ2v) is 5.62. The van der Waals surface area contributed by atoms with Crippen molar-refractivity contribution in [3.05, 3.63) is 29.3 Å². The molecule has 1 unspecified atom stereocenters. The van der Waals surface area contributed by atoms with Gasteiger partial charge in [0.15, 0.2) is 6.10 Å². The Kier molecular flexibility index (Phi) is 7.18.